The van der Waals surface area contributed by atoms with E-state index in [1.807, 2.05) is 6.92 Å². The van der Waals surface area contributed by atoms with Gasteiger partial charge in [0.25, 0.3) is 0 Å². The molecule has 3 rings (SSSR count). The number of esters is 1. The van der Waals surface area contributed by atoms with Crippen molar-refractivity contribution in [2.24, 2.45) is 0 Å². The van der Waals surface area contributed by atoms with Crippen LogP contribution in [0.3, 0.4) is 0 Å². The topological polar surface area (TPSA) is 94.6 Å². The van der Waals surface area contributed by atoms with E-state index >= 15 is 0 Å². The van der Waals surface area contributed by atoms with E-state index in [0.29, 0.717) is 17.1 Å². The Hall–Kier alpha value is -3.23. The highest BCUT2D eigenvalue weighted by Gasteiger charge is 2.16. The molecular formula is C21H20N2O5S. The highest BCUT2D eigenvalue weighted by Crippen LogP contribution is 2.25. The van der Waals surface area contributed by atoms with Crippen LogP contribution < -0.4 is 9.46 Å². The maximum atomic E-state index is 12.2. The van der Waals surface area contributed by atoms with Crippen molar-refractivity contribution in [2.75, 3.05) is 6.54 Å². The minimum atomic E-state index is -3.79. The highest BCUT2D eigenvalue weighted by atomic mass is 32.2. The van der Waals surface area contributed by atoms with E-state index in [0.717, 1.165) is 5.56 Å². The van der Waals surface area contributed by atoms with Crippen LogP contribution in [0.4, 0.5) is 0 Å². The molecule has 0 aliphatic carbocycles. The van der Waals surface area contributed by atoms with Gasteiger partial charge in [-0.2, -0.15) is 4.72 Å². The summed E-state index contributed by atoms with van der Waals surface area (Å²) in [7, 11) is -3.79. The fourth-order valence-corrected chi connectivity index (χ4v) is 3.39. The molecule has 29 heavy (non-hydrogen) atoms. The summed E-state index contributed by atoms with van der Waals surface area (Å²) >= 11 is 0. The second kappa shape index (κ2) is 9.31. The molecule has 150 valence electrons. The number of benzene rings is 2. The van der Waals surface area contributed by atoms with E-state index < -0.39 is 22.5 Å². The molecule has 0 amide bonds. The van der Waals surface area contributed by atoms with Crippen LogP contribution >= 0.6 is 0 Å². The van der Waals surface area contributed by atoms with E-state index in [9.17, 15) is 13.2 Å². The largest absolute Gasteiger partial charge is 0.460 e. The van der Waals surface area contributed by atoms with Gasteiger partial charge < -0.3 is 9.47 Å². The monoisotopic (exact) mass is 412 g/mol. The first-order valence-electron chi connectivity index (χ1n) is 8.82. The minimum absolute atomic E-state index is 0.0540. The fourth-order valence-electron chi connectivity index (χ4n) is 2.42. The van der Waals surface area contributed by atoms with Crippen molar-refractivity contribution in [2.45, 2.75) is 18.4 Å². The smallest absolute Gasteiger partial charge is 0.321 e. The Bertz CT molecular complexity index is 1070. The van der Waals surface area contributed by atoms with Gasteiger partial charge in [0.05, 0.1) is 11.1 Å². The quantitative estimate of drug-likeness (QED) is 0.571. The Labute approximate surface area is 169 Å². The van der Waals surface area contributed by atoms with Crippen molar-refractivity contribution in [1.29, 1.82) is 0 Å². The predicted octanol–water partition coefficient (Wildman–Crippen LogP) is 3.20. The molecule has 3 aromatic rings. The van der Waals surface area contributed by atoms with Gasteiger partial charge in [0.15, 0.2) is 0 Å². The number of hydrogen-bond acceptors (Lipinski definition) is 6. The Morgan fingerprint density at radius 1 is 1.03 bits per heavy atom. The number of hydrogen-bond donors (Lipinski definition) is 1. The maximum absolute atomic E-state index is 12.2. The molecule has 7 nitrogen and oxygen atoms in total. The number of rotatable bonds is 8. The summed E-state index contributed by atoms with van der Waals surface area (Å²) in [5.74, 6) is 0.377. The van der Waals surface area contributed by atoms with Gasteiger partial charge in [-0.3, -0.25) is 9.78 Å². The first kappa shape index (κ1) is 20.5. The summed E-state index contributed by atoms with van der Waals surface area (Å²) in [6.07, 6.45) is 3.21. The Morgan fingerprint density at radius 2 is 1.79 bits per heavy atom. The molecule has 1 heterocycles. The molecule has 1 aromatic heterocycles. The van der Waals surface area contributed by atoms with Crippen LogP contribution in [0.5, 0.6) is 11.5 Å². The Kier molecular flexibility index (Phi) is 6.58. The third-order valence-corrected chi connectivity index (χ3v) is 5.38. The first-order valence-corrected chi connectivity index (χ1v) is 10.3. The number of aryl methyl sites for hydroxylation is 1. The molecule has 0 radical (unpaired) electrons. The second-order valence-corrected chi connectivity index (χ2v) is 7.96. The predicted molar refractivity (Wildman–Crippen MR) is 107 cm³/mol. The molecule has 0 fully saturated rings. The van der Waals surface area contributed by atoms with Gasteiger partial charge in [0.2, 0.25) is 10.0 Å². The number of carbonyl (C=O) groups excluding carboxylic acids is 1. The Balaban J connectivity index is 1.56. The van der Waals surface area contributed by atoms with E-state index in [4.69, 9.17) is 9.47 Å². The number of carbonyl (C=O) groups is 1. The van der Waals surface area contributed by atoms with Gasteiger partial charge in [-0.1, -0.05) is 35.9 Å². The van der Waals surface area contributed by atoms with Gasteiger partial charge in [-0.15, -0.1) is 0 Å². The Morgan fingerprint density at radius 3 is 2.52 bits per heavy atom. The maximum Gasteiger partial charge on any atom is 0.321 e. The van der Waals surface area contributed by atoms with Crippen molar-refractivity contribution in [3.05, 3.63) is 84.2 Å². The van der Waals surface area contributed by atoms with Gasteiger partial charge >= 0.3 is 5.97 Å². The van der Waals surface area contributed by atoms with E-state index in [1.165, 1.54) is 12.1 Å². The van der Waals surface area contributed by atoms with Crippen LogP contribution in [0, 0.1) is 6.92 Å². The molecule has 0 unspecified atom stereocenters. The molecule has 0 atom stereocenters. The number of sulfonamides is 1. The second-order valence-electron chi connectivity index (χ2n) is 6.20. The zero-order valence-corrected chi connectivity index (χ0v) is 16.6. The van der Waals surface area contributed by atoms with Gasteiger partial charge in [-0.05, 0) is 37.3 Å². The molecule has 1 N–H and O–H groups in total. The highest BCUT2D eigenvalue weighted by molar-refractivity contribution is 7.89. The summed E-state index contributed by atoms with van der Waals surface area (Å²) in [4.78, 5) is 16.1. The average molecular weight is 412 g/mol. The molecule has 0 aliphatic heterocycles. The number of nitrogens with zero attached hydrogens (tertiary/aromatic N) is 1. The zero-order chi connectivity index (χ0) is 20.7. The van der Waals surface area contributed by atoms with E-state index in [1.54, 1.807) is 60.9 Å². The number of para-hydroxylation sites is 1. The third kappa shape index (κ3) is 5.87. The van der Waals surface area contributed by atoms with Crippen LogP contribution in [0.1, 0.15) is 11.1 Å². The lowest BCUT2D eigenvalue weighted by Gasteiger charge is -2.12. The summed E-state index contributed by atoms with van der Waals surface area (Å²) in [6.45, 7) is 1.33. The van der Waals surface area contributed by atoms with Crippen molar-refractivity contribution >= 4 is 16.0 Å². The van der Waals surface area contributed by atoms with E-state index in [2.05, 4.69) is 9.71 Å². The molecule has 0 aliphatic rings. The van der Waals surface area contributed by atoms with Gasteiger partial charge in [-0.25, -0.2) is 8.42 Å². The SMILES string of the molecule is Cc1ccc(S(=O)(=O)NCC(=O)OCc2ccccc2Oc2cccnc2)cc1. The summed E-state index contributed by atoms with van der Waals surface area (Å²) in [5, 5.41) is 0. The normalized spacial score (nSPS) is 11.1. The van der Waals surface area contributed by atoms with Gasteiger partial charge in [0, 0.05) is 11.8 Å². The molecule has 0 saturated carbocycles. The van der Waals surface area contributed by atoms with Crippen molar-refractivity contribution in [1.82, 2.24) is 9.71 Å². The van der Waals surface area contributed by atoms with Crippen molar-refractivity contribution in [3.8, 4) is 11.5 Å². The molecule has 0 saturated heterocycles. The minimum Gasteiger partial charge on any atom is -0.460 e. The number of pyridine rings is 1. The number of ether oxygens (including phenoxy) is 2. The third-order valence-electron chi connectivity index (χ3n) is 3.96. The molecule has 2 aromatic carbocycles. The fraction of sp³-hybridized carbons (Fsp3) is 0.143. The number of nitrogens with one attached hydrogen (secondary N) is 1. The average Bonchev–Trinajstić information content (AvgIpc) is 2.73. The van der Waals surface area contributed by atoms with Crippen LogP contribution in [0.15, 0.2) is 78.0 Å². The lowest BCUT2D eigenvalue weighted by atomic mass is 10.2. The molecular weight excluding hydrogens is 392 g/mol. The first-order chi connectivity index (χ1) is 13.9. The van der Waals surface area contributed by atoms with Crippen molar-refractivity contribution < 1.29 is 22.7 Å². The summed E-state index contributed by atoms with van der Waals surface area (Å²) in [6, 6.07) is 16.9. The van der Waals surface area contributed by atoms with E-state index in [-0.39, 0.29) is 11.5 Å². The summed E-state index contributed by atoms with van der Waals surface area (Å²) < 4.78 is 37.7. The van der Waals surface area contributed by atoms with Crippen LogP contribution in [0.2, 0.25) is 0 Å². The lowest BCUT2D eigenvalue weighted by molar-refractivity contribution is -0.143. The lowest BCUT2D eigenvalue weighted by Crippen LogP contribution is -2.30. The molecule has 0 spiro atoms. The van der Waals surface area contributed by atoms with Crippen molar-refractivity contribution in [3.63, 3.8) is 0 Å². The molecule has 8 heteroatoms. The molecule has 0 bridgehead atoms. The van der Waals surface area contributed by atoms with Crippen LogP contribution in [0.25, 0.3) is 0 Å². The summed E-state index contributed by atoms with van der Waals surface area (Å²) in [5.41, 5.74) is 1.58. The van der Waals surface area contributed by atoms with Crippen LogP contribution in [-0.4, -0.2) is 25.9 Å². The number of aromatic nitrogens is 1. The van der Waals surface area contributed by atoms with Gasteiger partial charge in [0.1, 0.15) is 24.7 Å². The zero-order valence-electron chi connectivity index (χ0n) is 15.7. The standard InChI is InChI=1S/C21H20N2O5S/c1-16-8-10-19(11-9-16)29(25,26)23-14-21(24)27-15-17-5-2-3-7-20(17)28-18-6-4-12-22-13-18/h2-13,23H,14-15H2,1H3. The van der Waals surface area contributed by atoms with Crippen LogP contribution in [-0.2, 0) is 26.2 Å².